The topological polar surface area (TPSA) is 58.2 Å². The van der Waals surface area contributed by atoms with Crippen LogP contribution >= 0.6 is 0 Å². The molecule has 5 heteroatoms. The van der Waals surface area contributed by atoms with Gasteiger partial charge in [0.05, 0.1) is 0 Å². The average Bonchev–Trinajstić information content (AvgIpc) is 2.60. The highest BCUT2D eigenvalue weighted by molar-refractivity contribution is 5.97. The Morgan fingerprint density at radius 1 is 1.00 bits per heavy atom. The molecule has 0 bridgehead atoms. The molecule has 138 valence electrons. The van der Waals surface area contributed by atoms with E-state index in [0.29, 0.717) is 5.56 Å². The molecule has 0 aromatic heterocycles. The lowest BCUT2D eigenvalue weighted by Gasteiger charge is -2.19. The first-order valence-corrected chi connectivity index (χ1v) is 8.60. The van der Waals surface area contributed by atoms with Gasteiger partial charge in [0.2, 0.25) is 5.91 Å². The van der Waals surface area contributed by atoms with Crippen LogP contribution in [0.4, 0.5) is 4.39 Å². The third-order valence-corrected chi connectivity index (χ3v) is 4.13. The van der Waals surface area contributed by atoms with E-state index in [1.165, 1.54) is 12.1 Å². The average molecular weight is 356 g/mol. The van der Waals surface area contributed by atoms with Gasteiger partial charge in [0.15, 0.2) is 0 Å². The summed E-state index contributed by atoms with van der Waals surface area (Å²) in [5.74, 6) is -0.915. The van der Waals surface area contributed by atoms with Gasteiger partial charge in [-0.2, -0.15) is 0 Å². The molecule has 0 saturated heterocycles. The molecule has 2 rings (SSSR count). The predicted octanol–water partition coefficient (Wildman–Crippen LogP) is 3.56. The van der Waals surface area contributed by atoms with Gasteiger partial charge in [0.25, 0.3) is 5.91 Å². The fourth-order valence-corrected chi connectivity index (χ4v) is 2.41. The summed E-state index contributed by atoms with van der Waals surface area (Å²) in [7, 11) is 0. The van der Waals surface area contributed by atoms with E-state index in [9.17, 15) is 14.0 Å². The molecule has 0 spiro atoms. The van der Waals surface area contributed by atoms with Gasteiger partial charge in [-0.1, -0.05) is 45.0 Å². The molecule has 0 saturated carbocycles. The zero-order valence-corrected chi connectivity index (χ0v) is 15.6. The Bertz CT molecular complexity index is 762. The number of hydrogen-bond acceptors (Lipinski definition) is 2. The van der Waals surface area contributed by atoms with Crippen molar-refractivity contribution in [2.75, 3.05) is 0 Å². The van der Waals surface area contributed by atoms with E-state index in [0.717, 1.165) is 11.1 Å². The second kappa shape index (κ2) is 8.13. The van der Waals surface area contributed by atoms with Crippen LogP contribution in [0, 0.1) is 5.82 Å². The highest BCUT2D eigenvalue weighted by atomic mass is 19.1. The molecule has 1 atom stereocenters. The molecule has 2 N–H and O–H groups in total. The fourth-order valence-electron chi connectivity index (χ4n) is 2.41. The van der Waals surface area contributed by atoms with Gasteiger partial charge in [-0.3, -0.25) is 9.59 Å². The van der Waals surface area contributed by atoms with Crippen molar-refractivity contribution in [2.45, 2.75) is 45.7 Å². The Hall–Kier alpha value is -2.69. The molecule has 4 nitrogen and oxygen atoms in total. The maximum absolute atomic E-state index is 12.9. The van der Waals surface area contributed by atoms with Crippen molar-refractivity contribution in [2.24, 2.45) is 0 Å². The third kappa shape index (κ3) is 5.41. The first kappa shape index (κ1) is 19.6. The van der Waals surface area contributed by atoms with Crippen molar-refractivity contribution < 1.29 is 14.0 Å². The maximum Gasteiger partial charge on any atom is 0.251 e. The summed E-state index contributed by atoms with van der Waals surface area (Å²) in [6.07, 6.45) is 0. The minimum Gasteiger partial charge on any atom is -0.350 e. The van der Waals surface area contributed by atoms with Crippen molar-refractivity contribution in [1.29, 1.82) is 0 Å². The van der Waals surface area contributed by atoms with Crippen LogP contribution in [-0.2, 0) is 16.8 Å². The van der Waals surface area contributed by atoms with E-state index in [1.807, 2.05) is 12.1 Å². The zero-order valence-electron chi connectivity index (χ0n) is 15.6. The van der Waals surface area contributed by atoms with Gasteiger partial charge in [-0.15, -0.1) is 0 Å². The van der Waals surface area contributed by atoms with Crippen molar-refractivity contribution in [3.05, 3.63) is 71.0 Å². The van der Waals surface area contributed by atoms with E-state index < -0.39 is 6.04 Å². The highest BCUT2D eigenvalue weighted by Crippen LogP contribution is 2.22. The Labute approximate surface area is 153 Å². The molecule has 0 heterocycles. The molecule has 0 radical (unpaired) electrons. The summed E-state index contributed by atoms with van der Waals surface area (Å²) >= 11 is 0. The lowest BCUT2D eigenvalue weighted by Crippen LogP contribution is -2.44. The van der Waals surface area contributed by atoms with E-state index >= 15 is 0 Å². The largest absolute Gasteiger partial charge is 0.350 e. The van der Waals surface area contributed by atoms with E-state index in [4.69, 9.17) is 0 Å². The van der Waals surface area contributed by atoms with Gasteiger partial charge in [-0.25, -0.2) is 4.39 Å². The molecule has 0 aliphatic rings. The lowest BCUT2D eigenvalue weighted by atomic mass is 9.86. The van der Waals surface area contributed by atoms with Crippen molar-refractivity contribution >= 4 is 11.8 Å². The number of nitrogens with one attached hydrogen (secondary N) is 2. The van der Waals surface area contributed by atoms with Crippen LogP contribution in [0.3, 0.4) is 0 Å². The molecule has 0 fully saturated rings. The van der Waals surface area contributed by atoms with Crippen molar-refractivity contribution in [1.82, 2.24) is 10.6 Å². The standard InChI is InChI=1S/C21H25FN2O2/c1-14(19(25)23-13-15-5-11-18(22)12-6-15)24-20(26)16-7-9-17(10-8-16)21(2,3)4/h5-12,14H,13H2,1-4H3,(H,23,25)(H,24,26). The third-order valence-electron chi connectivity index (χ3n) is 4.13. The molecule has 2 aromatic rings. The number of benzene rings is 2. The summed E-state index contributed by atoms with van der Waals surface area (Å²) in [5.41, 5.74) is 2.45. The maximum atomic E-state index is 12.9. The number of amides is 2. The summed E-state index contributed by atoms with van der Waals surface area (Å²) in [6.45, 7) is 8.22. The second-order valence-corrected chi connectivity index (χ2v) is 7.37. The molecule has 0 aliphatic heterocycles. The van der Waals surface area contributed by atoms with E-state index in [-0.39, 0.29) is 29.6 Å². The predicted molar refractivity (Wildman–Crippen MR) is 100 cm³/mol. The number of hydrogen-bond donors (Lipinski definition) is 2. The highest BCUT2D eigenvalue weighted by Gasteiger charge is 2.18. The minimum absolute atomic E-state index is 0.0164. The quantitative estimate of drug-likeness (QED) is 0.861. The first-order chi connectivity index (χ1) is 12.2. The van der Waals surface area contributed by atoms with Gasteiger partial charge in [0, 0.05) is 12.1 Å². The minimum atomic E-state index is -0.676. The molecule has 0 aliphatic carbocycles. The van der Waals surface area contributed by atoms with Crippen LogP contribution in [0.5, 0.6) is 0 Å². The smallest absolute Gasteiger partial charge is 0.251 e. The number of halogens is 1. The van der Waals surface area contributed by atoms with Crippen molar-refractivity contribution in [3.8, 4) is 0 Å². The number of carbonyl (C=O) groups excluding carboxylic acids is 2. The molecule has 2 aromatic carbocycles. The Morgan fingerprint density at radius 2 is 1.58 bits per heavy atom. The van der Waals surface area contributed by atoms with Gasteiger partial charge < -0.3 is 10.6 Å². The van der Waals surface area contributed by atoms with E-state index in [1.54, 1.807) is 31.2 Å². The zero-order chi connectivity index (χ0) is 19.3. The number of rotatable bonds is 5. The van der Waals surface area contributed by atoms with Crippen molar-refractivity contribution in [3.63, 3.8) is 0 Å². The van der Waals surface area contributed by atoms with Crippen LogP contribution in [0.2, 0.25) is 0 Å². The summed E-state index contributed by atoms with van der Waals surface area (Å²) < 4.78 is 12.9. The fraction of sp³-hybridized carbons (Fsp3) is 0.333. The second-order valence-electron chi connectivity index (χ2n) is 7.37. The summed E-state index contributed by atoms with van der Waals surface area (Å²) in [5, 5.41) is 5.42. The van der Waals surface area contributed by atoms with Crippen LogP contribution in [0.1, 0.15) is 49.2 Å². The Balaban J connectivity index is 1.89. The SMILES string of the molecule is CC(NC(=O)c1ccc(C(C)(C)C)cc1)C(=O)NCc1ccc(F)cc1. The molecule has 1 unspecified atom stereocenters. The summed E-state index contributed by atoms with van der Waals surface area (Å²) in [6, 6.07) is 12.6. The van der Waals surface area contributed by atoms with Gasteiger partial charge >= 0.3 is 0 Å². The van der Waals surface area contributed by atoms with Gasteiger partial charge in [0.1, 0.15) is 11.9 Å². The Morgan fingerprint density at radius 3 is 2.12 bits per heavy atom. The number of carbonyl (C=O) groups is 2. The van der Waals surface area contributed by atoms with Crippen LogP contribution in [0.15, 0.2) is 48.5 Å². The van der Waals surface area contributed by atoms with E-state index in [2.05, 4.69) is 31.4 Å². The first-order valence-electron chi connectivity index (χ1n) is 8.60. The molecular weight excluding hydrogens is 331 g/mol. The normalized spacial score (nSPS) is 12.3. The molecule has 26 heavy (non-hydrogen) atoms. The monoisotopic (exact) mass is 356 g/mol. The lowest BCUT2D eigenvalue weighted by molar-refractivity contribution is -0.122. The van der Waals surface area contributed by atoms with Gasteiger partial charge in [-0.05, 0) is 47.7 Å². The van der Waals surface area contributed by atoms with Crippen LogP contribution in [0.25, 0.3) is 0 Å². The molecule has 2 amide bonds. The Kier molecular flexibility index (Phi) is 6.14. The molecular formula is C21H25FN2O2. The summed E-state index contributed by atoms with van der Waals surface area (Å²) in [4.78, 5) is 24.4. The van der Waals surface area contributed by atoms with Crippen LogP contribution in [-0.4, -0.2) is 17.9 Å². The van der Waals surface area contributed by atoms with Crippen LogP contribution < -0.4 is 10.6 Å².